The smallest absolute Gasteiger partial charge is 0.253 e. The van der Waals surface area contributed by atoms with Crippen LogP contribution in [0.1, 0.15) is 51.5 Å². The summed E-state index contributed by atoms with van der Waals surface area (Å²) in [6.45, 7) is 14.1. The Labute approximate surface area is 198 Å². The third kappa shape index (κ3) is 4.05. The van der Waals surface area contributed by atoms with Gasteiger partial charge in [0.1, 0.15) is 19.3 Å². The second-order valence-electron chi connectivity index (χ2n) is 9.62. The predicted octanol–water partition coefficient (Wildman–Crippen LogP) is 2.16. The van der Waals surface area contributed by atoms with Crippen LogP contribution in [0.5, 0.6) is 11.5 Å². The van der Waals surface area contributed by atoms with E-state index in [9.17, 15) is 4.79 Å². The van der Waals surface area contributed by atoms with E-state index >= 15 is 0 Å². The third-order valence-electron chi connectivity index (χ3n) is 7.23. The molecule has 34 heavy (non-hydrogen) atoms. The van der Waals surface area contributed by atoms with E-state index in [0.29, 0.717) is 36.1 Å². The summed E-state index contributed by atoms with van der Waals surface area (Å²) in [5.74, 6) is 2.05. The molecule has 5 rings (SSSR count). The molecule has 3 aromatic rings. The number of likely N-dealkylation sites (N-methyl/N-ethyl adjacent to an activating group) is 1. The maximum absolute atomic E-state index is 13.5. The Kier molecular flexibility index (Phi) is 6.03. The van der Waals surface area contributed by atoms with Gasteiger partial charge < -0.3 is 19.4 Å². The van der Waals surface area contributed by atoms with Gasteiger partial charge in [-0.3, -0.25) is 9.69 Å². The van der Waals surface area contributed by atoms with Gasteiger partial charge in [0.25, 0.3) is 5.56 Å². The van der Waals surface area contributed by atoms with Gasteiger partial charge >= 0.3 is 0 Å². The zero-order valence-corrected chi connectivity index (χ0v) is 20.4. The van der Waals surface area contributed by atoms with Crippen LogP contribution in [-0.4, -0.2) is 80.9 Å². The van der Waals surface area contributed by atoms with Gasteiger partial charge in [-0.05, 0) is 49.4 Å². The lowest BCUT2D eigenvalue weighted by Crippen LogP contribution is -2.49. The highest BCUT2D eigenvalue weighted by Gasteiger charge is 2.35. The van der Waals surface area contributed by atoms with E-state index in [1.54, 1.807) is 0 Å². The highest BCUT2D eigenvalue weighted by atomic mass is 16.6. The van der Waals surface area contributed by atoms with Crippen molar-refractivity contribution in [2.24, 2.45) is 0 Å². The quantitative estimate of drug-likeness (QED) is 0.589. The molecule has 0 saturated carbocycles. The molecule has 0 radical (unpaired) electrons. The van der Waals surface area contributed by atoms with Crippen molar-refractivity contribution in [3.63, 3.8) is 0 Å². The van der Waals surface area contributed by atoms with Crippen molar-refractivity contribution in [1.29, 1.82) is 0 Å². The highest BCUT2D eigenvalue weighted by Crippen LogP contribution is 2.36. The Balaban J connectivity index is 1.64. The molecule has 2 aliphatic heterocycles. The minimum absolute atomic E-state index is 0.143. The first kappa shape index (κ1) is 22.8. The SMILES string of the molecule is CCN1CCN([C@H](c2cc3cc4c(cc3[nH]c2=O)OCCO4)c2nnnn2C(C)(C)CC)CC1. The van der Waals surface area contributed by atoms with Gasteiger partial charge in [-0.2, -0.15) is 0 Å². The first-order valence-corrected chi connectivity index (χ1v) is 12.1. The number of nitrogens with one attached hydrogen (secondary N) is 1. The van der Waals surface area contributed by atoms with Crippen LogP contribution in [0.2, 0.25) is 0 Å². The highest BCUT2D eigenvalue weighted by molar-refractivity contribution is 5.83. The van der Waals surface area contributed by atoms with Crippen LogP contribution >= 0.6 is 0 Å². The first-order valence-electron chi connectivity index (χ1n) is 12.1. The number of aromatic amines is 1. The molecule has 0 spiro atoms. The number of ether oxygens (including phenoxy) is 2. The van der Waals surface area contributed by atoms with Crippen molar-refractivity contribution < 1.29 is 9.47 Å². The number of H-pyrrole nitrogens is 1. The van der Waals surface area contributed by atoms with E-state index in [1.165, 1.54) is 0 Å². The summed E-state index contributed by atoms with van der Waals surface area (Å²) < 4.78 is 13.4. The summed E-state index contributed by atoms with van der Waals surface area (Å²) in [6.07, 6.45) is 0.860. The van der Waals surface area contributed by atoms with Gasteiger partial charge in [-0.25, -0.2) is 4.68 Å². The molecular formula is C24H33N7O3. The molecule has 2 aliphatic rings. The molecule has 4 heterocycles. The fraction of sp³-hybridized carbons (Fsp3) is 0.583. The predicted molar refractivity (Wildman–Crippen MR) is 129 cm³/mol. The first-order chi connectivity index (χ1) is 16.4. The summed E-state index contributed by atoms with van der Waals surface area (Å²) in [6, 6.07) is 5.38. The van der Waals surface area contributed by atoms with Gasteiger partial charge in [0.05, 0.1) is 11.1 Å². The maximum Gasteiger partial charge on any atom is 0.253 e. The monoisotopic (exact) mass is 467 g/mol. The molecule has 1 atom stereocenters. The van der Waals surface area contributed by atoms with Crippen LogP contribution in [-0.2, 0) is 5.54 Å². The molecule has 1 saturated heterocycles. The standard InChI is InChI=1S/C24H33N7O3/c1-5-24(3,4)31-22(26-27-28-31)21(30-9-7-29(6-2)8-10-30)17-13-16-14-19-20(34-12-11-33-19)15-18(16)25-23(17)32/h13-15,21H,5-12H2,1-4H3,(H,25,32)/t21-/m1/s1. The number of hydrogen-bond donors (Lipinski definition) is 1. The van der Waals surface area contributed by atoms with E-state index in [2.05, 4.69) is 58.0 Å². The van der Waals surface area contributed by atoms with Crippen molar-refractivity contribution in [2.45, 2.75) is 45.7 Å². The summed E-state index contributed by atoms with van der Waals surface area (Å²) in [4.78, 5) is 21.3. The van der Waals surface area contributed by atoms with Gasteiger partial charge in [0, 0.05) is 43.2 Å². The van der Waals surface area contributed by atoms with E-state index in [1.807, 2.05) is 22.9 Å². The van der Waals surface area contributed by atoms with Crippen LogP contribution in [0.15, 0.2) is 23.0 Å². The number of tetrazole rings is 1. The Morgan fingerprint density at radius 3 is 2.44 bits per heavy atom. The van der Waals surface area contributed by atoms with E-state index in [0.717, 1.165) is 50.0 Å². The number of pyridine rings is 1. The lowest BCUT2D eigenvalue weighted by molar-refractivity contribution is 0.105. The molecule has 0 bridgehead atoms. The molecular weight excluding hydrogens is 434 g/mol. The summed E-state index contributed by atoms with van der Waals surface area (Å²) in [5, 5.41) is 13.7. The minimum atomic E-state index is -0.360. The zero-order chi connectivity index (χ0) is 23.9. The molecule has 0 amide bonds. The average molecular weight is 468 g/mol. The molecule has 1 fully saturated rings. The van der Waals surface area contributed by atoms with E-state index < -0.39 is 0 Å². The van der Waals surface area contributed by atoms with Crippen molar-refractivity contribution in [1.82, 2.24) is 35.0 Å². The largest absolute Gasteiger partial charge is 0.486 e. The van der Waals surface area contributed by atoms with Gasteiger partial charge in [0.15, 0.2) is 17.3 Å². The Bertz CT molecular complexity index is 1230. The molecule has 1 N–H and O–H groups in total. The second kappa shape index (κ2) is 8.99. The van der Waals surface area contributed by atoms with E-state index in [4.69, 9.17) is 9.47 Å². The Morgan fingerprint density at radius 2 is 1.76 bits per heavy atom. The number of piperazine rings is 1. The Hall–Kier alpha value is -2.98. The van der Waals surface area contributed by atoms with Crippen molar-refractivity contribution >= 4 is 10.9 Å². The normalized spacial score (nSPS) is 18.4. The van der Waals surface area contributed by atoms with Crippen LogP contribution in [0.3, 0.4) is 0 Å². The fourth-order valence-corrected chi connectivity index (χ4v) is 4.75. The molecule has 0 aliphatic carbocycles. The van der Waals surface area contributed by atoms with Gasteiger partial charge in [-0.1, -0.05) is 13.8 Å². The Morgan fingerprint density at radius 1 is 1.06 bits per heavy atom. The molecule has 0 unspecified atom stereocenters. The minimum Gasteiger partial charge on any atom is -0.486 e. The average Bonchev–Trinajstić information content (AvgIpc) is 3.34. The molecule has 182 valence electrons. The van der Waals surface area contributed by atoms with Gasteiger partial charge in [0.2, 0.25) is 0 Å². The van der Waals surface area contributed by atoms with Crippen molar-refractivity contribution in [3.8, 4) is 11.5 Å². The lowest BCUT2D eigenvalue weighted by atomic mass is 9.98. The third-order valence-corrected chi connectivity index (χ3v) is 7.23. The second-order valence-corrected chi connectivity index (χ2v) is 9.62. The molecule has 1 aromatic carbocycles. The van der Waals surface area contributed by atoms with Crippen molar-refractivity contribution in [2.75, 3.05) is 45.9 Å². The summed E-state index contributed by atoms with van der Waals surface area (Å²) in [7, 11) is 0. The number of rotatable bonds is 6. The van der Waals surface area contributed by atoms with Crippen LogP contribution in [0, 0.1) is 0 Å². The van der Waals surface area contributed by atoms with Crippen LogP contribution in [0.25, 0.3) is 10.9 Å². The fourth-order valence-electron chi connectivity index (χ4n) is 4.75. The molecule has 2 aromatic heterocycles. The summed E-state index contributed by atoms with van der Waals surface area (Å²) >= 11 is 0. The van der Waals surface area contributed by atoms with Crippen LogP contribution in [0.4, 0.5) is 0 Å². The maximum atomic E-state index is 13.5. The number of aromatic nitrogens is 5. The zero-order valence-electron chi connectivity index (χ0n) is 20.4. The number of hydrogen-bond acceptors (Lipinski definition) is 8. The number of benzene rings is 1. The molecule has 10 nitrogen and oxygen atoms in total. The summed E-state index contributed by atoms with van der Waals surface area (Å²) in [5.41, 5.74) is 0.935. The number of nitrogens with zero attached hydrogens (tertiary/aromatic N) is 6. The lowest BCUT2D eigenvalue weighted by Gasteiger charge is -2.39. The van der Waals surface area contributed by atoms with Crippen LogP contribution < -0.4 is 15.0 Å². The topological polar surface area (TPSA) is 101 Å². The number of fused-ring (bicyclic) bond motifs is 2. The van der Waals surface area contributed by atoms with Gasteiger partial charge in [-0.15, -0.1) is 5.10 Å². The van der Waals surface area contributed by atoms with Crippen molar-refractivity contribution in [3.05, 3.63) is 39.9 Å². The molecule has 10 heteroatoms. The van der Waals surface area contributed by atoms with E-state index in [-0.39, 0.29) is 17.1 Å².